The first kappa shape index (κ1) is 14.8. The maximum atomic E-state index is 2.32. The molecule has 0 radical (unpaired) electrons. The van der Waals surface area contributed by atoms with Crippen LogP contribution >= 0.6 is 11.8 Å². The third-order valence-corrected chi connectivity index (χ3v) is 3.33. The number of rotatable bonds is 1. The van der Waals surface area contributed by atoms with Crippen molar-refractivity contribution >= 4 is 11.8 Å². The van der Waals surface area contributed by atoms with E-state index in [9.17, 15) is 0 Å². The monoisotopic (exact) mass is 194 g/mol. The van der Waals surface area contributed by atoms with Crippen LogP contribution in [0.5, 0.6) is 0 Å². The van der Waals surface area contributed by atoms with Crippen LogP contribution in [0.2, 0.25) is 0 Å². The highest BCUT2D eigenvalue weighted by Gasteiger charge is 2.21. The van der Waals surface area contributed by atoms with Gasteiger partial charge in [-0.05, 0) is 12.8 Å². The van der Waals surface area contributed by atoms with Crippen molar-refractivity contribution in [2.45, 2.75) is 56.5 Å². The molecule has 0 unspecified atom stereocenters. The van der Waals surface area contributed by atoms with E-state index in [2.05, 4.69) is 32.5 Å². The summed E-state index contributed by atoms with van der Waals surface area (Å²) >= 11 is 2.16. The Hall–Kier alpha value is 0.270. The molecule has 0 aromatic carbocycles. The summed E-state index contributed by atoms with van der Waals surface area (Å²) in [5, 5.41) is 0.972. The molecule has 0 saturated heterocycles. The van der Waals surface area contributed by atoms with Crippen molar-refractivity contribution in [2.24, 2.45) is 0 Å². The van der Waals surface area contributed by atoms with E-state index >= 15 is 0 Å². The Kier molecular flexibility index (Phi) is 7.19. The predicted octanol–water partition coefficient (Wildman–Crippen LogP) is 1.81. The molecule has 1 aliphatic rings. The van der Waals surface area contributed by atoms with Gasteiger partial charge < -0.3 is 11.0 Å². The number of hydrogen-bond donors (Lipinski definition) is 0. The average Bonchev–Trinajstić information content (AvgIpc) is 2.12. The minimum absolute atomic E-state index is 0. The van der Waals surface area contributed by atoms with Gasteiger partial charge in [-0.1, -0.05) is 33.6 Å². The Labute approximate surface area is 79.7 Å². The summed E-state index contributed by atoms with van der Waals surface area (Å²) in [6.45, 7) is 6.95. The molecule has 0 atom stereocenters. The summed E-state index contributed by atoms with van der Waals surface area (Å²) in [4.78, 5) is 0. The van der Waals surface area contributed by atoms with Crippen molar-refractivity contribution in [3.63, 3.8) is 0 Å². The predicted molar refractivity (Wildman–Crippen MR) is 56.8 cm³/mol. The quantitative estimate of drug-likeness (QED) is 0.628. The lowest BCUT2D eigenvalue weighted by Gasteiger charge is -2.22. The first-order valence-corrected chi connectivity index (χ1v) is 5.14. The Morgan fingerprint density at radius 3 is 1.75 bits per heavy atom. The summed E-state index contributed by atoms with van der Waals surface area (Å²) in [6, 6.07) is 0. The highest BCUT2D eigenvalue weighted by Crippen LogP contribution is 2.37. The van der Waals surface area contributed by atoms with Crippen LogP contribution in [0.15, 0.2) is 0 Å². The van der Waals surface area contributed by atoms with Gasteiger partial charge in [0.05, 0.1) is 0 Å². The molecule has 4 N–H and O–H groups in total. The molecule has 0 heterocycles. The molecule has 76 valence electrons. The molecule has 0 aliphatic heterocycles. The minimum atomic E-state index is 0. The molecule has 2 nitrogen and oxygen atoms in total. The third-order valence-electron chi connectivity index (χ3n) is 1.82. The molecule has 12 heavy (non-hydrogen) atoms. The Morgan fingerprint density at radius 1 is 1.00 bits per heavy atom. The van der Waals surface area contributed by atoms with Gasteiger partial charge in [-0.3, -0.25) is 0 Å². The fourth-order valence-electron chi connectivity index (χ4n) is 1.51. The average molecular weight is 194 g/mol. The van der Waals surface area contributed by atoms with Crippen molar-refractivity contribution in [3.8, 4) is 0 Å². The fraction of sp³-hybridized carbons (Fsp3) is 1.00. The van der Waals surface area contributed by atoms with Crippen LogP contribution in [-0.2, 0) is 0 Å². The maximum Gasteiger partial charge on any atom is 0.00778 e. The van der Waals surface area contributed by atoms with Gasteiger partial charge in [0.25, 0.3) is 0 Å². The first-order chi connectivity index (χ1) is 4.58. The zero-order chi connectivity index (χ0) is 7.61. The van der Waals surface area contributed by atoms with Crippen LogP contribution in [0.25, 0.3) is 0 Å². The Bertz CT molecular complexity index is 104. The summed E-state index contributed by atoms with van der Waals surface area (Å²) < 4.78 is 0.481. The fourth-order valence-corrected chi connectivity index (χ4v) is 3.08. The molecule has 0 aromatic heterocycles. The first-order valence-electron chi connectivity index (χ1n) is 4.26. The topological polar surface area (TPSA) is 63.0 Å². The molecule has 1 aliphatic carbocycles. The van der Waals surface area contributed by atoms with Crippen molar-refractivity contribution in [2.75, 3.05) is 0 Å². The second-order valence-electron chi connectivity index (χ2n) is 4.14. The van der Waals surface area contributed by atoms with E-state index in [0.29, 0.717) is 4.75 Å². The highest BCUT2D eigenvalue weighted by atomic mass is 32.2. The Morgan fingerprint density at radius 2 is 1.42 bits per heavy atom. The van der Waals surface area contributed by atoms with Gasteiger partial charge in [0.1, 0.15) is 0 Å². The van der Waals surface area contributed by atoms with Crippen LogP contribution in [0.4, 0.5) is 0 Å². The van der Waals surface area contributed by atoms with E-state index in [1.54, 1.807) is 0 Å². The SMILES string of the molecule is CC(C)(C)SC1CCCC1.O.O. The zero-order valence-corrected chi connectivity index (χ0v) is 9.13. The van der Waals surface area contributed by atoms with E-state index in [-0.39, 0.29) is 11.0 Å². The lowest BCUT2D eigenvalue weighted by Crippen LogP contribution is -2.12. The second kappa shape index (κ2) is 5.84. The molecule has 1 rings (SSSR count). The lowest BCUT2D eigenvalue weighted by molar-refractivity contribution is 0.780. The van der Waals surface area contributed by atoms with Crippen molar-refractivity contribution < 1.29 is 11.0 Å². The van der Waals surface area contributed by atoms with Gasteiger partial charge in [-0.2, -0.15) is 11.8 Å². The molecule has 3 heteroatoms. The molecular formula is C9H22O2S. The zero-order valence-electron chi connectivity index (χ0n) is 8.31. The van der Waals surface area contributed by atoms with Crippen LogP contribution in [0.3, 0.4) is 0 Å². The lowest BCUT2D eigenvalue weighted by atomic mass is 10.3. The number of hydrogen-bond acceptors (Lipinski definition) is 1. The molecule has 0 aromatic rings. The summed E-state index contributed by atoms with van der Waals surface area (Å²) in [5.74, 6) is 0. The molecule has 0 spiro atoms. The molecular weight excluding hydrogens is 172 g/mol. The second-order valence-corrected chi connectivity index (χ2v) is 6.26. The normalized spacial score (nSPS) is 18.2. The molecule has 0 amide bonds. The van der Waals surface area contributed by atoms with Crippen LogP contribution in [0.1, 0.15) is 46.5 Å². The van der Waals surface area contributed by atoms with Gasteiger partial charge in [0.2, 0.25) is 0 Å². The van der Waals surface area contributed by atoms with Crippen LogP contribution in [-0.4, -0.2) is 20.9 Å². The summed E-state index contributed by atoms with van der Waals surface area (Å²) in [6.07, 6.45) is 5.85. The van der Waals surface area contributed by atoms with E-state index in [1.807, 2.05) is 0 Å². The molecule has 1 fully saturated rings. The maximum absolute atomic E-state index is 2.32. The van der Waals surface area contributed by atoms with Crippen molar-refractivity contribution in [1.82, 2.24) is 0 Å². The van der Waals surface area contributed by atoms with Gasteiger partial charge >= 0.3 is 0 Å². The van der Waals surface area contributed by atoms with Gasteiger partial charge in [0.15, 0.2) is 0 Å². The summed E-state index contributed by atoms with van der Waals surface area (Å²) in [7, 11) is 0. The standard InChI is InChI=1S/C9H18S.2H2O/c1-9(2,3)10-8-6-4-5-7-8;;/h8H,4-7H2,1-3H3;2*1H2. The van der Waals surface area contributed by atoms with Gasteiger partial charge in [0, 0.05) is 10.00 Å². The van der Waals surface area contributed by atoms with E-state index in [0.717, 1.165) is 5.25 Å². The third kappa shape index (κ3) is 5.86. The van der Waals surface area contributed by atoms with E-state index in [4.69, 9.17) is 0 Å². The van der Waals surface area contributed by atoms with Crippen LogP contribution < -0.4 is 0 Å². The van der Waals surface area contributed by atoms with E-state index in [1.165, 1.54) is 25.7 Å². The minimum Gasteiger partial charge on any atom is -0.412 e. The number of thioether (sulfide) groups is 1. The highest BCUT2D eigenvalue weighted by molar-refractivity contribution is 8.01. The Balaban J connectivity index is 0. The largest absolute Gasteiger partial charge is 0.412 e. The van der Waals surface area contributed by atoms with Crippen molar-refractivity contribution in [3.05, 3.63) is 0 Å². The smallest absolute Gasteiger partial charge is 0.00778 e. The molecule has 0 bridgehead atoms. The van der Waals surface area contributed by atoms with E-state index < -0.39 is 0 Å². The van der Waals surface area contributed by atoms with Crippen molar-refractivity contribution in [1.29, 1.82) is 0 Å². The van der Waals surface area contributed by atoms with Gasteiger partial charge in [-0.15, -0.1) is 0 Å². The molecule has 1 saturated carbocycles. The summed E-state index contributed by atoms with van der Waals surface area (Å²) in [5.41, 5.74) is 0. The van der Waals surface area contributed by atoms with Gasteiger partial charge in [-0.25, -0.2) is 0 Å². The van der Waals surface area contributed by atoms with Crippen LogP contribution in [0, 0.1) is 0 Å².